The Morgan fingerprint density at radius 3 is 2.61 bits per heavy atom. The van der Waals surface area contributed by atoms with E-state index in [-0.39, 0.29) is 5.41 Å². The van der Waals surface area contributed by atoms with Gasteiger partial charge in [0.15, 0.2) is 0 Å². The number of aromatic carboxylic acids is 1. The first-order valence-corrected chi connectivity index (χ1v) is 11.1. The number of nitrogens with zero attached hydrogens (tertiary/aromatic N) is 1. The minimum absolute atomic E-state index is 0.111. The van der Waals surface area contributed by atoms with Crippen molar-refractivity contribution in [1.29, 1.82) is 0 Å². The number of benzene rings is 2. The predicted octanol–water partition coefficient (Wildman–Crippen LogP) is 7.09. The molecule has 1 aliphatic carbocycles. The molecule has 0 aliphatic heterocycles. The second-order valence-corrected chi connectivity index (χ2v) is 9.61. The largest absolute Gasteiger partial charge is 0.478 e. The minimum atomic E-state index is -0.865. The number of carbonyl (C=O) groups is 1. The van der Waals surface area contributed by atoms with Gasteiger partial charge in [-0.05, 0) is 72.4 Å². The van der Waals surface area contributed by atoms with Gasteiger partial charge in [0.05, 0.1) is 16.8 Å². The van der Waals surface area contributed by atoms with Gasteiger partial charge in [-0.1, -0.05) is 69.2 Å². The Kier molecular flexibility index (Phi) is 5.47. The minimum Gasteiger partial charge on any atom is -0.478 e. The Labute approximate surface area is 184 Å². The normalized spacial score (nSPS) is 17.7. The molecule has 0 fully saturated rings. The summed E-state index contributed by atoms with van der Waals surface area (Å²) in [5.41, 5.74) is 7.80. The maximum Gasteiger partial charge on any atom is 0.336 e. The molecule has 1 aromatic heterocycles. The first-order chi connectivity index (χ1) is 14.7. The Balaban J connectivity index is 2.02. The lowest BCUT2D eigenvalue weighted by atomic mass is 9.67. The van der Waals surface area contributed by atoms with Crippen LogP contribution >= 0.6 is 0 Å². The lowest BCUT2D eigenvalue weighted by molar-refractivity contribution is 0.0696. The first kappa shape index (κ1) is 21.3. The van der Waals surface area contributed by atoms with Crippen LogP contribution in [0.25, 0.3) is 22.6 Å². The molecule has 1 atom stereocenters. The summed E-state index contributed by atoms with van der Waals surface area (Å²) in [5, 5.41) is 10.9. The zero-order valence-electron chi connectivity index (χ0n) is 19.1. The van der Waals surface area contributed by atoms with Gasteiger partial charge < -0.3 is 5.11 Å². The van der Waals surface area contributed by atoms with Gasteiger partial charge >= 0.3 is 5.97 Å². The summed E-state index contributed by atoms with van der Waals surface area (Å²) >= 11 is 0. The van der Waals surface area contributed by atoms with Crippen molar-refractivity contribution in [1.82, 2.24) is 4.98 Å². The van der Waals surface area contributed by atoms with E-state index in [1.165, 1.54) is 16.7 Å². The average Bonchev–Trinajstić information content (AvgIpc) is 2.74. The number of aryl methyl sites for hydroxylation is 2. The molecule has 0 radical (unpaired) electrons. The zero-order valence-corrected chi connectivity index (χ0v) is 19.1. The third-order valence-electron chi connectivity index (χ3n) is 7.21. The van der Waals surface area contributed by atoms with Crippen molar-refractivity contribution in [3.63, 3.8) is 0 Å². The van der Waals surface area contributed by atoms with Crippen molar-refractivity contribution in [3.05, 3.63) is 76.0 Å². The maximum absolute atomic E-state index is 12.4. The smallest absolute Gasteiger partial charge is 0.336 e. The average molecular weight is 414 g/mol. The van der Waals surface area contributed by atoms with Crippen molar-refractivity contribution in [3.8, 4) is 0 Å². The fourth-order valence-electron chi connectivity index (χ4n) is 4.71. The number of fused-ring (bicyclic) bond motifs is 2. The summed E-state index contributed by atoms with van der Waals surface area (Å²) < 4.78 is 0. The van der Waals surface area contributed by atoms with Crippen LogP contribution in [0.15, 0.2) is 42.5 Å². The van der Waals surface area contributed by atoms with Gasteiger partial charge in [0.2, 0.25) is 0 Å². The highest BCUT2D eigenvalue weighted by molar-refractivity contribution is 6.06. The number of para-hydroxylation sites is 1. The Morgan fingerprint density at radius 2 is 1.90 bits per heavy atom. The van der Waals surface area contributed by atoms with E-state index in [1.807, 2.05) is 24.3 Å². The van der Waals surface area contributed by atoms with Crippen LogP contribution in [-0.2, 0) is 6.42 Å². The van der Waals surface area contributed by atoms with E-state index in [0.29, 0.717) is 11.5 Å². The van der Waals surface area contributed by atoms with Crippen LogP contribution in [0.1, 0.15) is 71.9 Å². The second-order valence-electron chi connectivity index (χ2n) is 9.61. The van der Waals surface area contributed by atoms with Gasteiger partial charge in [0.1, 0.15) is 0 Å². The van der Waals surface area contributed by atoms with E-state index in [0.717, 1.165) is 47.0 Å². The summed E-state index contributed by atoms with van der Waals surface area (Å²) in [6.45, 7) is 11.0. The van der Waals surface area contributed by atoms with Gasteiger partial charge in [-0.25, -0.2) is 9.78 Å². The van der Waals surface area contributed by atoms with Crippen molar-refractivity contribution < 1.29 is 9.90 Å². The van der Waals surface area contributed by atoms with E-state index < -0.39 is 5.97 Å². The van der Waals surface area contributed by atoms with Crippen LogP contribution in [0.5, 0.6) is 0 Å². The highest BCUT2D eigenvalue weighted by atomic mass is 16.4. The lowest BCUT2D eigenvalue weighted by Gasteiger charge is -2.38. The highest BCUT2D eigenvalue weighted by Gasteiger charge is 2.36. The summed E-state index contributed by atoms with van der Waals surface area (Å²) in [5.74, 6) is -0.502. The van der Waals surface area contributed by atoms with Crippen LogP contribution in [0, 0.1) is 25.2 Å². The van der Waals surface area contributed by atoms with Crippen LogP contribution in [0.4, 0.5) is 0 Å². The monoisotopic (exact) mass is 413 g/mol. The zero-order chi connectivity index (χ0) is 22.3. The Hall–Kier alpha value is -2.94. The molecule has 160 valence electrons. The number of allylic oxidation sites excluding steroid dienone is 1. The molecular weight excluding hydrogens is 382 g/mol. The number of carboxylic acid groups (broad SMARTS) is 1. The molecule has 31 heavy (non-hydrogen) atoms. The van der Waals surface area contributed by atoms with Crippen molar-refractivity contribution >= 4 is 28.5 Å². The highest BCUT2D eigenvalue weighted by Crippen LogP contribution is 2.46. The fraction of sp³-hybridized carbons (Fsp3) is 0.357. The molecule has 4 rings (SSSR count). The topological polar surface area (TPSA) is 50.2 Å². The van der Waals surface area contributed by atoms with Crippen molar-refractivity contribution in [2.24, 2.45) is 11.3 Å². The molecule has 0 saturated carbocycles. The van der Waals surface area contributed by atoms with E-state index >= 15 is 0 Å². The number of hydrogen-bond acceptors (Lipinski definition) is 2. The van der Waals surface area contributed by atoms with E-state index in [4.69, 9.17) is 4.98 Å². The Bertz CT molecular complexity index is 1200. The van der Waals surface area contributed by atoms with Crippen molar-refractivity contribution in [2.45, 2.75) is 53.9 Å². The molecule has 1 aliphatic rings. The predicted molar refractivity (Wildman–Crippen MR) is 128 cm³/mol. The third kappa shape index (κ3) is 3.89. The van der Waals surface area contributed by atoms with E-state index in [1.54, 1.807) is 0 Å². The molecule has 0 bridgehead atoms. The quantitative estimate of drug-likeness (QED) is 0.497. The molecule has 3 heteroatoms. The summed E-state index contributed by atoms with van der Waals surface area (Å²) in [6, 6.07) is 14.1. The van der Waals surface area contributed by atoms with Gasteiger partial charge in [0, 0.05) is 5.39 Å². The molecule has 1 N–H and O–H groups in total. The standard InChI is InChI=1S/C28H31NO2/c1-6-28(4,5)21-15-20(14-19-13-17(2)11-12-18(19)3)26-23(16-21)25(27(30)31)22-9-7-8-10-24(22)29-26/h7-14,21H,6,15-16H2,1-5H3,(H,30,31). The van der Waals surface area contributed by atoms with Gasteiger partial charge in [0.25, 0.3) is 0 Å². The van der Waals surface area contributed by atoms with Gasteiger partial charge in [-0.2, -0.15) is 0 Å². The molecule has 3 nitrogen and oxygen atoms in total. The summed E-state index contributed by atoms with van der Waals surface area (Å²) in [7, 11) is 0. The summed E-state index contributed by atoms with van der Waals surface area (Å²) in [6.07, 6.45) is 4.95. The Morgan fingerprint density at radius 1 is 1.16 bits per heavy atom. The van der Waals surface area contributed by atoms with E-state index in [9.17, 15) is 9.90 Å². The van der Waals surface area contributed by atoms with Crippen LogP contribution < -0.4 is 0 Å². The SMILES string of the molecule is CCC(C)(C)C1CC(=Cc2cc(C)ccc2C)c2nc3ccccc3c(C(=O)O)c2C1. The van der Waals surface area contributed by atoms with Crippen LogP contribution in [0.2, 0.25) is 0 Å². The molecule has 0 amide bonds. The molecule has 3 aromatic rings. The van der Waals surface area contributed by atoms with Crippen LogP contribution in [0.3, 0.4) is 0 Å². The van der Waals surface area contributed by atoms with Crippen molar-refractivity contribution in [2.75, 3.05) is 0 Å². The van der Waals surface area contributed by atoms with Gasteiger partial charge in [-0.3, -0.25) is 0 Å². The van der Waals surface area contributed by atoms with Gasteiger partial charge in [-0.15, -0.1) is 0 Å². The number of aromatic nitrogens is 1. The molecule has 0 saturated heterocycles. The molecule has 1 heterocycles. The fourth-order valence-corrected chi connectivity index (χ4v) is 4.71. The lowest BCUT2D eigenvalue weighted by Crippen LogP contribution is -2.30. The number of pyridine rings is 1. The molecule has 1 unspecified atom stereocenters. The number of hydrogen-bond donors (Lipinski definition) is 1. The molecule has 2 aromatic carbocycles. The number of carboxylic acids is 1. The molecule has 0 spiro atoms. The first-order valence-electron chi connectivity index (χ1n) is 11.1. The maximum atomic E-state index is 12.4. The second kappa shape index (κ2) is 7.96. The number of rotatable bonds is 4. The summed E-state index contributed by atoms with van der Waals surface area (Å²) in [4.78, 5) is 17.4. The van der Waals surface area contributed by atoms with E-state index in [2.05, 4.69) is 58.9 Å². The molecular formula is C28H31NO2. The third-order valence-corrected chi connectivity index (χ3v) is 7.21. The van der Waals surface area contributed by atoms with Crippen LogP contribution in [-0.4, -0.2) is 16.1 Å².